The number of carbonyl (C=O) groups excluding carboxylic acids is 1. The van der Waals surface area contributed by atoms with Crippen molar-refractivity contribution >= 4 is 16.7 Å². The Bertz CT molecular complexity index is 1210. The number of halogens is 1. The molecule has 0 unspecified atom stereocenters. The largest absolute Gasteiger partial charge is 0.358 e. The van der Waals surface area contributed by atoms with Crippen LogP contribution in [-0.4, -0.2) is 21.6 Å². The van der Waals surface area contributed by atoms with Crippen LogP contribution in [0.4, 0.5) is 4.39 Å². The molecule has 2 heterocycles. The minimum Gasteiger partial charge on any atom is -0.358 e. The van der Waals surface area contributed by atoms with Gasteiger partial charge >= 0.3 is 5.69 Å². The number of rotatable bonds is 5. The summed E-state index contributed by atoms with van der Waals surface area (Å²) in [6, 6.07) is 13.4. The first-order valence-corrected chi connectivity index (χ1v) is 9.85. The molecule has 0 radical (unpaired) electrons. The fourth-order valence-corrected chi connectivity index (χ4v) is 3.70. The van der Waals surface area contributed by atoms with Crippen molar-refractivity contribution in [3.8, 4) is 0 Å². The molecule has 2 atom stereocenters. The van der Waals surface area contributed by atoms with Gasteiger partial charge in [0.15, 0.2) is 0 Å². The lowest BCUT2D eigenvalue weighted by atomic mass is 10.0. The van der Waals surface area contributed by atoms with E-state index in [9.17, 15) is 18.8 Å². The van der Waals surface area contributed by atoms with E-state index in [0.29, 0.717) is 17.6 Å². The number of amides is 1. The first kappa shape index (κ1) is 20.0. The van der Waals surface area contributed by atoms with Crippen LogP contribution in [0.1, 0.15) is 37.6 Å². The summed E-state index contributed by atoms with van der Waals surface area (Å²) in [6.45, 7) is 1.70. The van der Waals surface area contributed by atoms with E-state index in [1.165, 1.54) is 0 Å². The molecule has 30 heavy (non-hydrogen) atoms. The number of ether oxygens (including phenoxy) is 1. The summed E-state index contributed by atoms with van der Waals surface area (Å²) >= 11 is 0. The smallest absolute Gasteiger partial charge is 0.333 e. The van der Waals surface area contributed by atoms with Gasteiger partial charge in [-0.05, 0) is 42.2 Å². The summed E-state index contributed by atoms with van der Waals surface area (Å²) in [4.78, 5) is 37.3. The van der Waals surface area contributed by atoms with E-state index in [1.807, 2.05) is 42.5 Å². The highest BCUT2D eigenvalue weighted by Gasteiger charge is 2.23. The topological polar surface area (TPSA) is 82.3 Å². The minimum atomic E-state index is -1.12. The molecule has 1 fully saturated rings. The maximum absolute atomic E-state index is 14.1. The summed E-state index contributed by atoms with van der Waals surface area (Å²) in [5.74, 6) is -1.65. The molecule has 0 bridgehead atoms. The number of carbonyl (C=O) groups is 1. The van der Waals surface area contributed by atoms with Crippen LogP contribution in [0.5, 0.6) is 0 Å². The van der Waals surface area contributed by atoms with Gasteiger partial charge < -0.3 is 10.1 Å². The van der Waals surface area contributed by atoms with Crippen LogP contribution in [0.15, 0.2) is 58.3 Å². The molecular formula is C22H22FN3O4. The molecule has 1 aromatic heterocycles. The van der Waals surface area contributed by atoms with E-state index in [1.54, 1.807) is 6.92 Å². The average Bonchev–Trinajstić information content (AvgIpc) is 3.28. The molecule has 0 spiro atoms. The Balaban J connectivity index is 1.54. The Morgan fingerprint density at radius 2 is 2.00 bits per heavy atom. The Hall–Kier alpha value is -3.26. The summed E-state index contributed by atoms with van der Waals surface area (Å²) in [5, 5.41) is 4.89. The molecule has 7 nitrogen and oxygen atoms in total. The van der Waals surface area contributed by atoms with Crippen molar-refractivity contribution in [2.75, 3.05) is 6.61 Å². The average molecular weight is 411 g/mol. The van der Waals surface area contributed by atoms with E-state index >= 15 is 0 Å². The lowest BCUT2D eigenvalue weighted by Crippen LogP contribution is -2.45. The fraction of sp³-hybridized carbons (Fsp3) is 0.318. The van der Waals surface area contributed by atoms with Crippen LogP contribution in [0.2, 0.25) is 0 Å². The van der Waals surface area contributed by atoms with Gasteiger partial charge in [-0.3, -0.25) is 14.2 Å². The fourth-order valence-electron chi connectivity index (χ4n) is 3.70. The van der Waals surface area contributed by atoms with Crippen LogP contribution < -0.4 is 16.6 Å². The number of nitrogens with zero attached hydrogens (tertiary/aromatic N) is 2. The minimum absolute atomic E-state index is 0.355. The molecule has 3 aromatic rings. The summed E-state index contributed by atoms with van der Waals surface area (Å²) in [7, 11) is 0. The molecule has 0 aliphatic carbocycles. The van der Waals surface area contributed by atoms with Crippen molar-refractivity contribution in [2.45, 2.75) is 38.6 Å². The predicted octanol–water partition coefficient (Wildman–Crippen LogP) is 2.49. The third-order valence-electron chi connectivity index (χ3n) is 5.32. The zero-order valence-corrected chi connectivity index (χ0v) is 16.5. The standard InChI is InChI=1S/C22H22FN3O4/c1-14(16-9-8-15-5-2-3-6-17(15)11-16)24-19(27)13-26-21(28)18(23)12-25(22(26)29)20-7-4-10-30-20/h2-3,5-6,8-9,11-12,14,20H,4,7,10,13H2,1H3,(H,24,27)/t14-,20-/m1/s1. The Morgan fingerprint density at radius 1 is 1.23 bits per heavy atom. The third kappa shape index (κ3) is 3.91. The maximum atomic E-state index is 14.1. The second-order valence-electron chi connectivity index (χ2n) is 7.42. The van der Waals surface area contributed by atoms with Gasteiger partial charge in [-0.1, -0.05) is 36.4 Å². The normalized spacial score (nSPS) is 17.2. The predicted molar refractivity (Wildman–Crippen MR) is 110 cm³/mol. The Morgan fingerprint density at radius 3 is 2.73 bits per heavy atom. The molecule has 1 N–H and O–H groups in total. The number of benzene rings is 2. The number of hydrogen-bond acceptors (Lipinski definition) is 4. The summed E-state index contributed by atoms with van der Waals surface area (Å²) in [5.41, 5.74) is -1.00. The van der Waals surface area contributed by atoms with Crippen molar-refractivity contribution in [1.29, 1.82) is 0 Å². The Labute approximate surface area is 171 Å². The summed E-state index contributed by atoms with van der Waals surface area (Å²) < 4.78 is 21.2. The molecule has 0 saturated carbocycles. The van der Waals surface area contributed by atoms with Crippen LogP contribution in [0.25, 0.3) is 10.8 Å². The van der Waals surface area contributed by atoms with Gasteiger partial charge in [0.1, 0.15) is 12.8 Å². The zero-order chi connectivity index (χ0) is 21.3. The van der Waals surface area contributed by atoms with Crippen molar-refractivity contribution in [1.82, 2.24) is 14.5 Å². The molecule has 2 aromatic carbocycles. The SMILES string of the molecule is C[C@@H](NC(=O)Cn1c(=O)c(F)cn([C@H]2CCCO2)c1=O)c1ccc2ccccc2c1. The van der Waals surface area contributed by atoms with Crippen molar-refractivity contribution < 1.29 is 13.9 Å². The van der Waals surface area contributed by atoms with E-state index in [-0.39, 0.29) is 6.04 Å². The first-order chi connectivity index (χ1) is 14.4. The molecule has 8 heteroatoms. The molecule has 1 aliphatic rings. The molecule has 1 aliphatic heterocycles. The number of hydrogen-bond donors (Lipinski definition) is 1. The maximum Gasteiger partial charge on any atom is 0.333 e. The third-order valence-corrected chi connectivity index (χ3v) is 5.32. The second kappa shape index (κ2) is 8.23. The van der Waals surface area contributed by atoms with Gasteiger partial charge in [-0.25, -0.2) is 9.36 Å². The molecule has 4 rings (SSSR count). The molecule has 1 saturated heterocycles. The van der Waals surface area contributed by atoms with Crippen molar-refractivity contribution in [3.05, 3.63) is 80.9 Å². The molecule has 156 valence electrons. The van der Waals surface area contributed by atoms with Gasteiger partial charge in [-0.15, -0.1) is 0 Å². The number of aromatic nitrogens is 2. The first-order valence-electron chi connectivity index (χ1n) is 9.85. The highest BCUT2D eigenvalue weighted by Crippen LogP contribution is 2.21. The highest BCUT2D eigenvalue weighted by atomic mass is 19.1. The number of fused-ring (bicyclic) bond motifs is 1. The number of nitrogens with one attached hydrogen (secondary N) is 1. The van der Waals surface area contributed by atoms with E-state index in [4.69, 9.17) is 4.74 Å². The van der Waals surface area contributed by atoms with Crippen LogP contribution in [0.3, 0.4) is 0 Å². The lowest BCUT2D eigenvalue weighted by Gasteiger charge is -2.17. The van der Waals surface area contributed by atoms with Gasteiger partial charge in [-0.2, -0.15) is 4.39 Å². The van der Waals surface area contributed by atoms with Crippen LogP contribution >= 0.6 is 0 Å². The van der Waals surface area contributed by atoms with E-state index < -0.39 is 35.7 Å². The lowest BCUT2D eigenvalue weighted by molar-refractivity contribution is -0.122. The zero-order valence-electron chi connectivity index (χ0n) is 16.5. The van der Waals surface area contributed by atoms with Crippen LogP contribution in [0, 0.1) is 5.82 Å². The van der Waals surface area contributed by atoms with Crippen molar-refractivity contribution in [3.63, 3.8) is 0 Å². The second-order valence-corrected chi connectivity index (χ2v) is 7.42. The van der Waals surface area contributed by atoms with Crippen molar-refractivity contribution in [2.24, 2.45) is 0 Å². The van der Waals surface area contributed by atoms with Gasteiger partial charge in [0.25, 0.3) is 5.56 Å². The van der Waals surface area contributed by atoms with E-state index in [0.717, 1.165) is 33.5 Å². The monoisotopic (exact) mass is 411 g/mol. The van der Waals surface area contributed by atoms with Gasteiger partial charge in [0.05, 0.1) is 12.2 Å². The van der Waals surface area contributed by atoms with Gasteiger partial charge in [0, 0.05) is 6.61 Å². The molecular weight excluding hydrogens is 389 g/mol. The van der Waals surface area contributed by atoms with E-state index in [2.05, 4.69) is 5.32 Å². The molecule has 1 amide bonds. The Kier molecular flexibility index (Phi) is 5.50. The summed E-state index contributed by atoms with van der Waals surface area (Å²) in [6.07, 6.45) is 1.51. The highest BCUT2D eigenvalue weighted by molar-refractivity contribution is 5.83. The van der Waals surface area contributed by atoms with Crippen LogP contribution in [-0.2, 0) is 16.1 Å². The quantitative estimate of drug-likeness (QED) is 0.699. The van der Waals surface area contributed by atoms with Gasteiger partial charge in [0.2, 0.25) is 11.7 Å².